The van der Waals surface area contributed by atoms with Gasteiger partial charge in [-0.25, -0.2) is 8.42 Å². The molecule has 0 spiro atoms. The van der Waals surface area contributed by atoms with Gasteiger partial charge in [0.15, 0.2) is 14.6 Å². The van der Waals surface area contributed by atoms with Crippen molar-refractivity contribution in [1.29, 1.82) is 0 Å². The Morgan fingerprint density at radius 3 is 2.50 bits per heavy atom. The minimum absolute atomic E-state index is 0.0117. The lowest BCUT2D eigenvalue weighted by Gasteiger charge is -2.27. The molecule has 0 radical (unpaired) electrons. The molecule has 1 aliphatic carbocycles. The van der Waals surface area contributed by atoms with Gasteiger partial charge in [-0.1, -0.05) is 29.4 Å². The molecule has 26 heavy (non-hydrogen) atoms. The number of nitrogens with zero attached hydrogens (tertiary/aromatic N) is 1. The highest BCUT2D eigenvalue weighted by Crippen LogP contribution is 2.40. The molecule has 1 heterocycles. The smallest absolute Gasteiger partial charge is 0.327 e. The third-order valence-electron chi connectivity index (χ3n) is 5.17. The van der Waals surface area contributed by atoms with Crippen molar-refractivity contribution in [3.63, 3.8) is 0 Å². The van der Waals surface area contributed by atoms with Crippen molar-refractivity contribution in [1.82, 2.24) is 0 Å². The molecule has 2 aliphatic rings. The maximum absolute atomic E-state index is 12.3. The van der Waals surface area contributed by atoms with E-state index in [1.165, 1.54) is 25.3 Å². The molecule has 2 atom stereocenters. The van der Waals surface area contributed by atoms with Crippen LogP contribution in [0, 0.1) is 0 Å². The second-order valence-electron chi connectivity index (χ2n) is 7.29. The van der Waals surface area contributed by atoms with Crippen molar-refractivity contribution >= 4 is 21.5 Å². The predicted octanol–water partition coefficient (Wildman–Crippen LogP) is 2.81. The molecule has 0 aromatic heterocycles. The molecule has 0 saturated heterocycles. The Kier molecular flexibility index (Phi) is 5.10. The molecule has 0 amide bonds. The molecule has 1 aromatic carbocycles. The highest BCUT2D eigenvalue weighted by Gasteiger charge is 2.48. The average molecular weight is 379 g/mol. The zero-order valence-corrected chi connectivity index (χ0v) is 16.2. The zero-order valence-electron chi connectivity index (χ0n) is 15.4. The van der Waals surface area contributed by atoms with E-state index in [9.17, 15) is 13.2 Å². The molecule has 3 rings (SSSR count). The van der Waals surface area contributed by atoms with E-state index in [4.69, 9.17) is 9.57 Å². The minimum Gasteiger partial charge on any atom is -0.465 e. The Morgan fingerprint density at radius 2 is 1.96 bits per heavy atom. The predicted molar refractivity (Wildman–Crippen MR) is 98.9 cm³/mol. The van der Waals surface area contributed by atoms with E-state index in [0.29, 0.717) is 12.3 Å². The topological polar surface area (TPSA) is 82.0 Å². The molecule has 1 aromatic rings. The standard InChI is InChI=1S/C19H25NO5S/c1-4-24-18(21)19(2,26(3,22)23)12-16-11-17(20-25-16)15-9-7-14(8-10-15)13-5-6-13/h7-10,13,16H,4-6,11-12H2,1-3H3. The molecule has 2 unspecified atom stereocenters. The van der Waals surface area contributed by atoms with Crippen LogP contribution in [-0.4, -0.2) is 43.8 Å². The highest BCUT2D eigenvalue weighted by molar-refractivity contribution is 7.92. The van der Waals surface area contributed by atoms with Crippen molar-refractivity contribution < 1.29 is 22.8 Å². The van der Waals surface area contributed by atoms with Gasteiger partial charge in [-0.05, 0) is 43.7 Å². The molecule has 1 aliphatic heterocycles. The lowest BCUT2D eigenvalue weighted by atomic mass is 9.96. The van der Waals surface area contributed by atoms with Gasteiger partial charge in [-0.15, -0.1) is 0 Å². The molecule has 1 saturated carbocycles. The van der Waals surface area contributed by atoms with E-state index in [1.54, 1.807) is 6.92 Å². The van der Waals surface area contributed by atoms with Crippen LogP contribution < -0.4 is 0 Å². The monoisotopic (exact) mass is 379 g/mol. The second-order valence-corrected chi connectivity index (χ2v) is 9.74. The number of hydrogen-bond acceptors (Lipinski definition) is 6. The fraction of sp³-hybridized carbons (Fsp3) is 0.579. The van der Waals surface area contributed by atoms with Crippen LogP contribution in [0.4, 0.5) is 0 Å². The maximum Gasteiger partial charge on any atom is 0.327 e. The summed E-state index contributed by atoms with van der Waals surface area (Å²) in [4.78, 5) is 17.7. The van der Waals surface area contributed by atoms with Crippen LogP contribution in [0.15, 0.2) is 29.4 Å². The van der Waals surface area contributed by atoms with Crippen LogP contribution >= 0.6 is 0 Å². The summed E-state index contributed by atoms with van der Waals surface area (Å²) < 4.78 is 27.8. The summed E-state index contributed by atoms with van der Waals surface area (Å²) in [6.45, 7) is 3.18. The van der Waals surface area contributed by atoms with Gasteiger partial charge in [-0.3, -0.25) is 4.79 Å². The highest BCUT2D eigenvalue weighted by atomic mass is 32.2. The van der Waals surface area contributed by atoms with E-state index >= 15 is 0 Å². The summed E-state index contributed by atoms with van der Waals surface area (Å²) in [6.07, 6.45) is 3.56. The lowest BCUT2D eigenvalue weighted by molar-refractivity contribution is -0.146. The first-order valence-electron chi connectivity index (χ1n) is 8.94. The minimum atomic E-state index is -3.67. The summed E-state index contributed by atoms with van der Waals surface area (Å²) >= 11 is 0. The van der Waals surface area contributed by atoms with Crippen molar-refractivity contribution in [2.45, 2.75) is 56.3 Å². The van der Waals surface area contributed by atoms with Gasteiger partial charge in [0, 0.05) is 19.1 Å². The van der Waals surface area contributed by atoms with Crippen LogP contribution in [0.1, 0.15) is 56.6 Å². The summed E-state index contributed by atoms with van der Waals surface area (Å²) in [7, 11) is -3.67. The summed E-state index contributed by atoms with van der Waals surface area (Å²) in [5.74, 6) is -0.0491. The Bertz CT molecular complexity index is 811. The Balaban J connectivity index is 1.69. The number of rotatable bonds is 7. The molecule has 7 heteroatoms. The third-order valence-corrected chi connectivity index (χ3v) is 7.14. The van der Waals surface area contributed by atoms with Gasteiger partial charge < -0.3 is 9.57 Å². The number of benzene rings is 1. The number of esters is 1. The van der Waals surface area contributed by atoms with Crippen molar-refractivity contribution in [3.05, 3.63) is 35.4 Å². The van der Waals surface area contributed by atoms with E-state index in [0.717, 1.165) is 17.5 Å². The number of oxime groups is 1. The maximum atomic E-state index is 12.3. The van der Waals surface area contributed by atoms with E-state index in [2.05, 4.69) is 17.3 Å². The van der Waals surface area contributed by atoms with E-state index in [1.807, 2.05) is 12.1 Å². The zero-order chi connectivity index (χ0) is 18.9. The number of carbonyl (C=O) groups excluding carboxylic acids is 1. The first-order valence-corrected chi connectivity index (χ1v) is 10.8. The fourth-order valence-corrected chi connectivity index (χ4v) is 4.03. The fourth-order valence-electron chi connectivity index (χ4n) is 3.18. The summed E-state index contributed by atoms with van der Waals surface area (Å²) in [5.41, 5.74) is 3.09. The SMILES string of the molecule is CCOC(=O)C(C)(CC1CC(c2ccc(C3CC3)cc2)=NO1)S(C)(=O)=O. The van der Waals surface area contributed by atoms with Crippen LogP contribution in [0.5, 0.6) is 0 Å². The van der Waals surface area contributed by atoms with Crippen LogP contribution in [0.2, 0.25) is 0 Å². The average Bonchev–Trinajstić information content (AvgIpc) is 3.34. The largest absolute Gasteiger partial charge is 0.465 e. The first-order chi connectivity index (χ1) is 12.2. The molecule has 6 nitrogen and oxygen atoms in total. The number of hydrogen-bond donors (Lipinski definition) is 0. The quantitative estimate of drug-likeness (QED) is 0.681. The molecule has 1 fully saturated rings. The van der Waals surface area contributed by atoms with Crippen LogP contribution in [0.25, 0.3) is 0 Å². The van der Waals surface area contributed by atoms with E-state index in [-0.39, 0.29) is 13.0 Å². The number of ether oxygens (including phenoxy) is 1. The second kappa shape index (κ2) is 7.02. The van der Waals surface area contributed by atoms with Gasteiger partial charge in [-0.2, -0.15) is 0 Å². The van der Waals surface area contributed by atoms with Gasteiger partial charge >= 0.3 is 5.97 Å². The number of carbonyl (C=O) groups is 1. The first kappa shape index (κ1) is 18.9. The molecular weight excluding hydrogens is 354 g/mol. The molecule has 142 valence electrons. The number of sulfone groups is 1. The Labute approximate surface area is 154 Å². The van der Waals surface area contributed by atoms with Crippen LogP contribution in [-0.2, 0) is 24.2 Å². The summed E-state index contributed by atoms with van der Waals surface area (Å²) in [5, 5.41) is 4.12. The molecule has 0 bridgehead atoms. The lowest BCUT2D eigenvalue weighted by Crippen LogP contribution is -2.47. The van der Waals surface area contributed by atoms with Crippen molar-refractivity contribution in [2.24, 2.45) is 5.16 Å². The van der Waals surface area contributed by atoms with Gasteiger partial charge in [0.1, 0.15) is 6.10 Å². The normalized spacial score (nSPS) is 22.3. The molecular formula is C19H25NO5S. The van der Waals surface area contributed by atoms with Crippen LogP contribution in [0.3, 0.4) is 0 Å². The van der Waals surface area contributed by atoms with Crippen molar-refractivity contribution in [3.8, 4) is 0 Å². The van der Waals surface area contributed by atoms with Gasteiger partial charge in [0.25, 0.3) is 0 Å². The Morgan fingerprint density at radius 1 is 1.31 bits per heavy atom. The molecule has 0 N–H and O–H groups in total. The third kappa shape index (κ3) is 3.77. The Hall–Kier alpha value is -1.89. The van der Waals surface area contributed by atoms with Gasteiger partial charge in [0.2, 0.25) is 0 Å². The van der Waals surface area contributed by atoms with Gasteiger partial charge in [0.05, 0.1) is 12.3 Å². The summed E-state index contributed by atoms with van der Waals surface area (Å²) in [6, 6.07) is 8.28. The van der Waals surface area contributed by atoms with Crippen molar-refractivity contribution in [2.75, 3.05) is 12.9 Å². The van der Waals surface area contributed by atoms with E-state index < -0.39 is 26.7 Å².